The lowest BCUT2D eigenvalue weighted by Gasteiger charge is -2.20. The number of amides is 2. The van der Waals surface area contributed by atoms with Gasteiger partial charge in [-0.2, -0.15) is 13.2 Å². The Labute approximate surface area is 113 Å². The van der Waals surface area contributed by atoms with E-state index in [9.17, 15) is 22.8 Å². The molecule has 0 aromatic heterocycles. The molecule has 5 nitrogen and oxygen atoms in total. The van der Waals surface area contributed by atoms with Crippen LogP contribution in [0.4, 0.5) is 18.0 Å². The van der Waals surface area contributed by atoms with Gasteiger partial charge in [0.05, 0.1) is 6.42 Å². The summed E-state index contributed by atoms with van der Waals surface area (Å²) in [7, 11) is 0. The van der Waals surface area contributed by atoms with Gasteiger partial charge in [0.1, 0.15) is 0 Å². The molecular weight excluding hydrogens is 285 g/mol. The molecule has 3 N–H and O–H groups in total. The Hall–Kier alpha value is -1.12. The van der Waals surface area contributed by atoms with Crippen molar-refractivity contribution in [3.05, 3.63) is 0 Å². The van der Waals surface area contributed by atoms with Crippen LogP contribution in [0, 0.1) is 5.92 Å². The number of urea groups is 1. The third-order valence-electron chi connectivity index (χ3n) is 2.17. The fourth-order valence-electron chi connectivity index (χ4n) is 1.19. The maximum Gasteiger partial charge on any atom is 0.441 e. The van der Waals surface area contributed by atoms with Gasteiger partial charge in [0.25, 0.3) is 0 Å². The lowest BCUT2D eigenvalue weighted by molar-refractivity contribution is -0.137. The molecule has 0 aliphatic carbocycles. The molecule has 0 spiro atoms. The van der Waals surface area contributed by atoms with Crippen molar-refractivity contribution in [2.75, 3.05) is 12.3 Å². The van der Waals surface area contributed by atoms with Crippen LogP contribution >= 0.6 is 11.8 Å². The van der Waals surface area contributed by atoms with Crippen LogP contribution in [0.1, 0.15) is 20.3 Å². The summed E-state index contributed by atoms with van der Waals surface area (Å²) >= 11 is -0.225. The minimum absolute atomic E-state index is 0.0913. The van der Waals surface area contributed by atoms with Crippen LogP contribution in [-0.4, -0.2) is 41.0 Å². The summed E-state index contributed by atoms with van der Waals surface area (Å²) in [4.78, 5) is 21.9. The van der Waals surface area contributed by atoms with Crippen LogP contribution in [0.5, 0.6) is 0 Å². The number of thioether (sulfide) groups is 1. The molecule has 0 rings (SSSR count). The highest BCUT2D eigenvalue weighted by Gasteiger charge is 2.27. The van der Waals surface area contributed by atoms with Crippen molar-refractivity contribution in [1.82, 2.24) is 10.6 Å². The van der Waals surface area contributed by atoms with Crippen molar-refractivity contribution >= 4 is 23.8 Å². The Morgan fingerprint density at radius 3 is 2.32 bits per heavy atom. The number of carboxylic acid groups (broad SMARTS) is 1. The van der Waals surface area contributed by atoms with Crippen molar-refractivity contribution in [2.45, 2.75) is 31.8 Å². The van der Waals surface area contributed by atoms with Gasteiger partial charge in [-0.25, -0.2) is 4.79 Å². The maximum absolute atomic E-state index is 11.8. The molecule has 112 valence electrons. The summed E-state index contributed by atoms with van der Waals surface area (Å²) < 4.78 is 35.4. The van der Waals surface area contributed by atoms with Gasteiger partial charge in [-0.1, -0.05) is 13.8 Å². The predicted octanol–water partition coefficient (Wildman–Crippen LogP) is 2.04. The quantitative estimate of drug-likeness (QED) is 0.629. The number of rotatable bonds is 7. The number of hydrogen-bond acceptors (Lipinski definition) is 3. The molecule has 1 atom stereocenters. The number of nitrogens with one attached hydrogen (secondary N) is 2. The van der Waals surface area contributed by atoms with Crippen molar-refractivity contribution in [3.8, 4) is 0 Å². The van der Waals surface area contributed by atoms with Gasteiger partial charge in [0.15, 0.2) is 0 Å². The van der Waals surface area contributed by atoms with E-state index in [4.69, 9.17) is 5.11 Å². The van der Waals surface area contributed by atoms with Crippen LogP contribution in [0.15, 0.2) is 0 Å². The molecule has 0 radical (unpaired) electrons. The molecule has 0 bridgehead atoms. The highest BCUT2D eigenvalue weighted by atomic mass is 32.2. The molecule has 0 aliphatic heterocycles. The second-order valence-corrected chi connectivity index (χ2v) is 5.30. The van der Waals surface area contributed by atoms with Gasteiger partial charge < -0.3 is 15.7 Å². The summed E-state index contributed by atoms with van der Waals surface area (Å²) in [5.41, 5.74) is -4.32. The minimum Gasteiger partial charge on any atom is -0.481 e. The standard InChI is InChI=1S/C10H17F3N2O3S/c1-6(2)7(5-8(16)17)15-9(18)14-3-4-19-10(11,12)13/h6-7H,3-5H2,1-2H3,(H,16,17)(H2,14,15,18). The number of aliphatic carboxylic acids is 1. The molecule has 0 aromatic carbocycles. The van der Waals surface area contributed by atoms with Gasteiger partial charge >= 0.3 is 17.5 Å². The topological polar surface area (TPSA) is 78.4 Å². The first kappa shape index (κ1) is 17.9. The number of carbonyl (C=O) groups excluding carboxylic acids is 1. The molecule has 0 heterocycles. The first-order chi connectivity index (χ1) is 8.61. The molecule has 0 aliphatic rings. The van der Waals surface area contributed by atoms with Gasteiger partial charge in [-0.15, -0.1) is 0 Å². The smallest absolute Gasteiger partial charge is 0.441 e. The third kappa shape index (κ3) is 10.5. The Morgan fingerprint density at radius 2 is 1.89 bits per heavy atom. The summed E-state index contributed by atoms with van der Waals surface area (Å²) in [5, 5.41) is 13.3. The zero-order chi connectivity index (χ0) is 15.1. The molecule has 0 fully saturated rings. The predicted molar refractivity (Wildman–Crippen MR) is 65.9 cm³/mol. The van der Waals surface area contributed by atoms with Crippen LogP contribution in [0.3, 0.4) is 0 Å². The second kappa shape index (κ2) is 8.13. The summed E-state index contributed by atoms with van der Waals surface area (Å²) in [6, 6.07) is -1.23. The monoisotopic (exact) mass is 302 g/mol. The minimum atomic E-state index is -4.32. The van der Waals surface area contributed by atoms with Crippen molar-refractivity contribution in [1.29, 1.82) is 0 Å². The van der Waals surface area contributed by atoms with Gasteiger partial charge in [0.2, 0.25) is 0 Å². The van der Waals surface area contributed by atoms with E-state index in [1.54, 1.807) is 13.8 Å². The Balaban J connectivity index is 3.97. The second-order valence-electron chi connectivity index (χ2n) is 4.14. The van der Waals surface area contributed by atoms with Crippen molar-refractivity contribution < 1.29 is 27.9 Å². The number of carboxylic acids is 1. The maximum atomic E-state index is 11.8. The molecule has 2 amide bonds. The molecule has 0 saturated carbocycles. The van der Waals surface area contributed by atoms with E-state index in [1.165, 1.54) is 0 Å². The van der Waals surface area contributed by atoms with E-state index in [2.05, 4.69) is 10.6 Å². The van der Waals surface area contributed by atoms with Crippen molar-refractivity contribution in [2.24, 2.45) is 5.92 Å². The molecular formula is C10H17F3N2O3S. The Morgan fingerprint density at radius 1 is 1.32 bits per heavy atom. The molecule has 1 unspecified atom stereocenters. The fourth-order valence-corrected chi connectivity index (χ4v) is 1.63. The van der Waals surface area contributed by atoms with Crippen molar-refractivity contribution in [3.63, 3.8) is 0 Å². The SMILES string of the molecule is CC(C)C(CC(=O)O)NC(=O)NCCSC(F)(F)F. The van der Waals surface area contributed by atoms with Gasteiger partial charge in [0, 0.05) is 18.3 Å². The molecule has 9 heteroatoms. The molecule has 0 aromatic rings. The third-order valence-corrected chi connectivity index (χ3v) is 2.90. The van der Waals surface area contributed by atoms with E-state index < -0.39 is 23.6 Å². The molecule has 19 heavy (non-hydrogen) atoms. The Kier molecular flexibility index (Phi) is 7.65. The summed E-state index contributed by atoms with van der Waals surface area (Å²) in [6.07, 6.45) is -0.234. The van der Waals surface area contributed by atoms with Crippen LogP contribution in [0.25, 0.3) is 0 Å². The number of hydrogen-bond donors (Lipinski definition) is 3. The van der Waals surface area contributed by atoms with Gasteiger partial charge in [-0.3, -0.25) is 4.79 Å². The highest BCUT2D eigenvalue weighted by Crippen LogP contribution is 2.29. The highest BCUT2D eigenvalue weighted by molar-refractivity contribution is 8.00. The van der Waals surface area contributed by atoms with E-state index >= 15 is 0 Å². The average Bonchev–Trinajstić information content (AvgIpc) is 2.21. The van der Waals surface area contributed by atoms with Crippen LogP contribution in [0.2, 0.25) is 0 Å². The van der Waals surface area contributed by atoms with E-state index in [0.717, 1.165) is 0 Å². The van der Waals surface area contributed by atoms with E-state index in [-0.39, 0.29) is 36.4 Å². The zero-order valence-electron chi connectivity index (χ0n) is 10.6. The summed E-state index contributed by atoms with van der Waals surface area (Å²) in [6.45, 7) is 3.34. The van der Waals surface area contributed by atoms with Gasteiger partial charge in [-0.05, 0) is 17.7 Å². The Bertz CT molecular complexity index is 311. The first-order valence-corrected chi connectivity index (χ1v) is 6.57. The summed E-state index contributed by atoms with van der Waals surface area (Å²) in [5.74, 6) is -1.43. The average molecular weight is 302 g/mol. The largest absolute Gasteiger partial charge is 0.481 e. The number of carbonyl (C=O) groups is 2. The normalized spacial score (nSPS) is 13.2. The van der Waals surface area contributed by atoms with Crippen LogP contribution < -0.4 is 10.6 Å². The molecule has 0 saturated heterocycles. The lowest BCUT2D eigenvalue weighted by atomic mass is 10.0. The first-order valence-electron chi connectivity index (χ1n) is 5.58. The van der Waals surface area contributed by atoms with Crippen LogP contribution in [-0.2, 0) is 4.79 Å². The fraction of sp³-hybridized carbons (Fsp3) is 0.800. The van der Waals surface area contributed by atoms with E-state index in [1.807, 2.05) is 0 Å². The van der Waals surface area contributed by atoms with E-state index in [0.29, 0.717) is 0 Å². The number of alkyl halides is 3. The zero-order valence-corrected chi connectivity index (χ0v) is 11.4. The number of halogens is 3. The lowest BCUT2D eigenvalue weighted by Crippen LogP contribution is -2.46.